The molecule has 2 rings (SSSR count). The summed E-state index contributed by atoms with van der Waals surface area (Å²) in [7, 11) is 0. The Morgan fingerprint density at radius 3 is 2.62 bits per heavy atom. The smallest absolute Gasteiger partial charge is 0.219 e. The predicted molar refractivity (Wildman–Crippen MR) is 98.8 cm³/mol. The van der Waals surface area contributed by atoms with Gasteiger partial charge < -0.3 is 14.8 Å². The summed E-state index contributed by atoms with van der Waals surface area (Å²) in [5.41, 5.74) is 0.873. The van der Waals surface area contributed by atoms with Gasteiger partial charge in [-0.15, -0.1) is 0 Å². The van der Waals surface area contributed by atoms with E-state index in [4.69, 9.17) is 9.47 Å². The molecule has 1 N–H and O–H groups in total. The molecule has 26 heavy (non-hydrogen) atoms. The zero-order valence-electron chi connectivity index (χ0n) is 15.3. The number of carbonyl (C=O) groups excluding carboxylic acids is 1. The summed E-state index contributed by atoms with van der Waals surface area (Å²) < 4.78 is 24.8. The summed E-state index contributed by atoms with van der Waals surface area (Å²) in [5, 5.41) is 2.77. The number of hydrogen-bond acceptors (Lipinski definition) is 4. The highest BCUT2D eigenvalue weighted by Crippen LogP contribution is 2.27. The first kappa shape index (κ1) is 19.4. The van der Waals surface area contributed by atoms with Crippen LogP contribution < -0.4 is 14.8 Å². The molecule has 0 aliphatic heterocycles. The van der Waals surface area contributed by atoms with Crippen LogP contribution in [0.15, 0.2) is 42.6 Å². The molecule has 1 aromatic heterocycles. The minimum Gasteiger partial charge on any atom is -0.488 e. The van der Waals surface area contributed by atoms with Gasteiger partial charge in [0.05, 0.1) is 6.10 Å². The second kappa shape index (κ2) is 8.99. The Morgan fingerprint density at radius 1 is 1.23 bits per heavy atom. The van der Waals surface area contributed by atoms with Crippen molar-refractivity contribution in [2.24, 2.45) is 0 Å². The molecule has 0 bridgehead atoms. The number of nitrogens with zero attached hydrogens (tertiary/aromatic N) is 1. The Labute approximate surface area is 152 Å². The largest absolute Gasteiger partial charge is 0.488 e. The van der Waals surface area contributed by atoms with Gasteiger partial charge in [0, 0.05) is 31.3 Å². The SMILES string of the molecule is CC(=O)N[C@@H](C)C=Cc1ccc(Oc2ccc(F)c(OC(C)C)c2)nc1. The molecule has 138 valence electrons. The standard InChI is InChI=1S/C20H23FN2O3/c1-13(2)25-19-11-17(8-9-18(19)21)26-20-10-7-16(12-22-20)6-5-14(3)23-15(4)24/h5-14H,1-4H3,(H,23,24)/t14-/m0/s1. The Balaban J connectivity index is 2.03. The molecular weight excluding hydrogens is 335 g/mol. The maximum absolute atomic E-state index is 13.7. The number of amides is 1. The average molecular weight is 358 g/mol. The number of rotatable bonds is 7. The highest BCUT2D eigenvalue weighted by atomic mass is 19.1. The molecule has 6 heteroatoms. The summed E-state index contributed by atoms with van der Waals surface area (Å²) >= 11 is 0. The summed E-state index contributed by atoms with van der Waals surface area (Å²) in [6.45, 7) is 7.01. The summed E-state index contributed by atoms with van der Waals surface area (Å²) in [5.74, 6) is 0.456. The van der Waals surface area contributed by atoms with Gasteiger partial charge in [-0.3, -0.25) is 4.79 Å². The lowest BCUT2D eigenvalue weighted by atomic mass is 10.2. The van der Waals surface area contributed by atoms with Gasteiger partial charge >= 0.3 is 0 Å². The fraction of sp³-hybridized carbons (Fsp3) is 0.300. The number of carbonyl (C=O) groups is 1. The number of nitrogens with one attached hydrogen (secondary N) is 1. The third-order valence-corrected chi connectivity index (χ3v) is 3.26. The zero-order chi connectivity index (χ0) is 19.1. The Bertz CT molecular complexity index is 773. The average Bonchev–Trinajstić information content (AvgIpc) is 2.56. The van der Waals surface area contributed by atoms with E-state index in [9.17, 15) is 9.18 Å². The van der Waals surface area contributed by atoms with Crippen molar-refractivity contribution >= 4 is 12.0 Å². The lowest BCUT2D eigenvalue weighted by Crippen LogP contribution is -2.28. The molecule has 0 spiro atoms. The van der Waals surface area contributed by atoms with Crippen LogP contribution in [0, 0.1) is 5.82 Å². The van der Waals surface area contributed by atoms with Crippen molar-refractivity contribution in [3.05, 3.63) is 54.0 Å². The van der Waals surface area contributed by atoms with Crippen molar-refractivity contribution in [2.75, 3.05) is 0 Å². The van der Waals surface area contributed by atoms with E-state index >= 15 is 0 Å². The molecule has 1 amide bonds. The zero-order valence-corrected chi connectivity index (χ0v) is 15.3. The van der Waals surface area contributed by atoms with Crippen molar-refractivity contribution in [3.8, 4) is 17.4 Å². The van der Waals surface area contributed by atoms with E-state index < -0.39 is 5.82 Å². The Kier molecular flexibility index (Phi) is 6.72. The van der Waals surface area contributed by atoms with E-state index in [1.807, 2.05) is 39.0 Å². The Morgan fingerprint density at radius 2 is 2.00 bits per heavy atom. The third-order valence-electron chi connectivity index (χ3n) is 3.26. The van der Waals surface area contributed by atoms with Gasteiger partial charge in [-0.05, 0) is 44.5 Å². The molecule has 2 aromatic rings. The van der Waals surface area contributed by atoms with E-state index in [1.54, 1.807) is 12.3 Å². The van der Waals surface area contributed by atoms with E-state index in [0.717, 1.165) is 5.56 Å². The van der Waals surface area contributed by atoms with Crippen LogP contribution in [0.4, 0.5) is 4.39 Å². The van der Waals surface area contributed by atoms with Crippen LogP contribution in [0.25, 0.3) is 6.08 Å². The summed E-state index contributed by atoms with van der Waals surface area (Å²) in [6, 6.07) is 7.81. The quantitative estimate of drug-likeness (QED) is 0.800. The second-order valence-electron chi connectivity index (χ2n) is 6.14. The molecule has 5 nitrogen and oxygen atoms in total. The first-order valence-corrected chi connectivity index (χ1v) is 8.39. The van der Waals surface area contributed by atoms with Crippen LogP contribution in [0.2, 0.25) is 0 Å². The van der Waals surface area contributed by atoms with Crippen LogP contribution in [-0.2, 0) is 4.79 Å². The van der Waals surface area contributed by atoms with Crippen LogP contribution in [0.1, 0.15) is 33.3 Å². The molecule has 0 aliphatic carbocycles. The Hall–Kier alpha value is -2.89. The molecule has 0 fully saturated rings. The van der Waals surface area contributed by atoms with E-state index in [1.165, 1.54) is 25.1 Å². The molecule has 0 unspecified atom stereocenters. The number of benzene rings is 1. The van der Waals surface area contributed by atoms with Gasteiger partial charge in [-0.2, -0.15) is 0 Å². The van der Waals surface area contributed by atoms with Crippen LogP contribution in [0.3, 0.4) is 0 Å². The molecule has 1 atom stereocenters. The summed E-state index contributed by atoms with van der Waals surface area (Å²) in [4.78, 5) is 15.2. The number of aromatic nitrogens is 1. The fourth-order valence-electron chi connectivity index (χ4n) is 2.19. The number of halogens is 1. The topological polar surface area (TPSA) is 60.5 Å². The van der Waals surface area contributed by atoms with Crippen molar-refractivity contribution in [3.63, 3.8) is 0 Å². The lowest BCUT2D eigenvalue weighted by molar-refractivity contribution is -0.119. The van der Waals surface area contributed by atoms with Crippen molar-refractivity contribution in [2.45, 2.75) is 39.8 Å². The first-order valence-electron chi connectivity index (χ1n) is 8.39. The number of hydrogen-bond donors (Lipinski definition) is 1. The molecule has 0 radical (unpaired) electrons. The number of ether oxygens (including phenoxy) is 2. The van der Waals surface area contributed by atoms with Crippen molar-refractivity contribution in [1.29, 1.82) is 0 Å². The number of pyridine rings is 1. The molecule has 0 saturated heterocycles. The van der Waals surface area contributed by atoms with Gasteiger partial charge in [0.1, 0.15) is 5.75 Å². The highest BCUT2D eigenvalue weighted by molar-refractivity contribution is 5.73. The van der Waals surface area contributed by atoms with Gasteiger partial charge in [0.2, 0.25) is 11.8 Å². The van der Waals surface area contributed by atoms with Crippen molar-refractivity contribution in [1.82, 2.24) is 10.3 Å². The minimum absolute atomic E-state index is 0.0676. The van der Waals surface area contributed by atoms with Gasteiger partial charge in [-0.1, -0.05) is 12.2 Å². The van der Waals surface area contributed by atoms with E-state index in [-0.39, 0.29) is 23.8 Å². The molecule has 0 aliphatic rings. The highest BCUT2D eigenvalue weighted by Gasteiger charge is 2.08. The predicted octanol–water partition coefficient (Wildman–Crippen LogP) is 4.34. The lowest BCUT2D eigenvalue weighted by Gasteiger charge is -2.12. The monoisotopic (exact) mass is 358 g/mol. The molecule has 1 aromatic carbocycles. The van der Waals surface area contributed by atoms with E-state index in [0.29, 0.717) is 11.6 Å². The van der Waals surface area contributed by atoms with Gasteiger partial charge in [0.25, 0.3) is 0 Å². The van der Waals surface area contributed by atoms with Crippen LogP contribution in [0.5, 0.6) is 17.4 Å². The minimum atomic E-state index is -0.437. The van der Waals surface area contributed by atoms with Crippen LogP contribution >= 0.6 is 0 Å². The van der Waals surface area contributed by atoms with Gasteiger partial charge in [0.15, 0.2) is 11.6 Å². The normalized spacial score (nSPS) is 12.2. The van der Waals surface area contributed by atoms with Gasteiger partial charge in [-0.25, -0.2) is 9.37 Å². The third kappa shape index (κ3) is 6.20. The van der Waals surface area contributed by atoms with Crippen molar-refractivity contribution < 1.29 is 18.7 Å². The van der Waals surface area contributed by atoms with Crippen LogP contribution in [-0.4, -0.2) is 23.0 Å². The molecular formula is C20H23FN2O3. The fourth-order valence-corrected chi connectivity index (χ4v) is 2.19. The second-order valence-corrected chi connectivity index (χ2v) is 6.14. The molecule has 1 heterocycles. The van der Waals surface area contributed by atoms with E-state index in [2.05, 4.69) is 10.3 Å². The summed E-state index contributed by atoms with van der Waals surface area (Å²) in [6.07, 6.45) is 5.25. The first-order chi connectivity index (χ1) is 12.3. The maximum Gasteiger partial charge on any atom is 0.219 e. The maximum atomic E-state index is 13.7. The molecule has 0 saturated carbocycles.